The molecule has 1 amide bonds. The van der Waals surface area contributed by atoms with E-state index in [-0.39, 0.29) is 42.4 Å². The second-order valence-corrected chi connectivity index (χ2v) is 9.15. The number of carbonyl (C=O) groups excluding carboxylic acids is 1. The Bertz CT molecular complexity index is 1360. The molecule has 5 rings (SSSR count). The average Bonchev–Trinajstić information content (AvgIpc) is 3.35. The lowest BCUT2D eigenvalue weighted by Gasteiger charge is -2.31. The summed E-state index contributed by atoms with van der Waals surface area (Å²) in [5.41, 5.74) is 5.38. The molecule has 0 radical (unpaired) electrons. The number of aromatic nitrogens is 4. The summed E-state index contributed by atoms with van der Waals surface area (Å²) in [6.07, 6.45) is 9.58. The second kappa shape index (κ2) is 12.8. The van der Waals surface area contributed by atoms with E-state index in [1.54, 1.807) is 36.5 Å². The zero-order chi connectivity index (χ0) is 25.1. The van der Waals surface area contributed by atoms with E-state index >= 15 is 0 Å². The van der Waals surface area contributed by atoms with Crippen LogP contribution in [0.2, 0.25) is 0 Å². The molecule has 1 aromatic carbocycles. The highest BCUT2D eigenvalue weighted by Crippen LogP contribution is 2.38. The monoisotopic (exact) mass is 555 g/mol. The molecule has 0 saturated heterocycles. The molecule has 0 saturated carbocycles. The molecule has 0 bridgehead atoms. The third-order valence-corrected chi connectivity index (χ3v) is 6.61. The van der Waals surface area contributed by atoms with Crippen molar-refractivity contribution in [3.05, 3.63) is 95.2 Å². The smallest absolute Gasteiger partial charge is 0.234 e. The molecule has 1 aliphatic carbocycles. The minimum Gasteiger partial charge on any atom is -0.508 e. The molecule has 0 spiro atoms. The number of carbonyl (C=O) groups is 1. The predicted octanol–water partition coefficient (Wildman–Crippen LogP) is 5.24. The molecule has 200 valence electrons. The summed E-state index contributed by atoms with van der Waals surface area (Å²) < 4.78 is 7.04. The van der Waals surface area contributed by atoms with Gasteiger partial charge in [-0.2, -0.15) is 5.10 Å². The van der Waals surface area contributed by atoms with Crippen LogP contribution in [0.25, 0.3) is 0 Å². The number of ether oxygens (including phenoxy) is 1. The van der Waals surface area contributed by atoms with E-state index in [1.807, 2.05) is 54.3 Å². The van der Waals surface area contributed by atoms with Gasteiger partial charge in [-0.3, -0.25) is 14.5 Å². The predicted molar refractivity (Wildman–Crippen MR) is 151 cm³/mol. The first-order chi connectivity index (χ1) is 17.5. The van der Waals surface area contributed by atoms with Crippen LogP contribution in [-0.2, 0) is 24.3 Å². The number of benzene rings is 1. The Kier molecular flexibility index (Phi) is 9.72. The number of nitrogens with zero attached hydrogens (tertiary/aromatic N) is 5. The molecule has 1 N–H and O–H groups in total. The highest BCUT2D eigenvalue weighted by molar-refractivity contribution is 5.98. The maximum atomic E-state index is 14.0. The topological polar surface area (TPSA) is 93.4 Å². The maximum absolute atomic E-state index is 14.0. The Morgan fingerprint density at radius 2 is 1.95 bits per heavy atom. The van der Waals surface area contributed by atoms with Crippen molar-refractivity contribution in [3.8, 4) is 11.6 Å². The van der Waals surface area contributed by atoms with Crippen molar-refractivity contribution in [2.75, 3.05) is 12.0 Å². The molecule has 4 aromatic rings. The Hall–Kier alpha value is -3.62. The van der Waals surface area contributed by atoms with Crippen LogP contribution in [0, 0.1) is 6.92 Å². The van der Waals surface area contributed by atoms with Crippen molar-refractivity contribution in [1.29, 1.82) is 0 Å². The van der Waals surface area contributed by atoms with Crippen molar-refractivity contribution >= 4 is 36.4 Å². The van der Waals surface area contributed by atoms with E-state index in [0.29, 0.717) is 24.7 Å². The van der Waals surface area contributed by atoms with E-state index in [2.05, 4.69) is 15.1 Å². The molecular formula is C28H31Cl2N5O3. The lowest BCUT2D eigenvalue weighted by atomic mass is 9.81. The molecule has 8 nitrogen and oxygen atoms in total. The fourth-order valence-electron chi connectivity index (χ4n) is 4.74. The standard InChI is InChI=1S/C28H29N5O3.2ClH/c1-19-9-10-21(29-13-19)18-32-16-20(14-31-32)17-33(22-11-12-27(36-2)30-15-22)28(35)25-7-3-6-24-23(25)5-4-8-26(24)34;;/h4-5,8-16,25,34H,3,6-7,17-18H2,1-2H3;2*1H. The van der Waals surface area contributed by atoms with Crippen LogP contribution in [0.3, 0.4) is 0 Å². The minimum absolute atomic E-state index is 0. The summed E-state index contributed by atoms with van der Waals surface area (Å²) >= 11 is 0. The van der Waals surface area contributed by atoms with E-state index in [1.165, 1.54) is 0 Å². The Morgan fingerprint density at radius 3 is 2.66 bits per heavy atom. The van der Waals surface area contributed by atoms with Gasteiger partial charge in [-0.15, -0.1) is 24.8 Å². The van der Waals surface area contributed by atoms with Crippen molar-refractivity contribution in [2.45, 2.75) is 45.2 Å². The van der Waals surface area contributed by atoms with Crippen LogP contribution >= 0.6 is 24.8 Å². The van der Waals surface area contributed by atoms with Gasteiger partial charge in [-0.05, 0) is 61.1 Å². The average molecular weight is 556 g/mol. The third-order valence-electron chi connectivity index (χ3n) is 6.61. The molecule has 0 aliphatic heterocycles. The van der Waals surface area contributed by atoms with Gasteiger partial charge in [0.15, 0.2) is 0 Å². The van der Waals surface area contributed by atoms with Crippen molar-refractivity contribution in [1.82, 2.24) is 19.7 Å². The summed E-state index contributed by atoms with van der Waals surface area (Å²) in [7, 11) is 1.56. The zero-order valence-corrected chi connectivity index (χ0v) is 22.9. The van der Waals surface area contributed by atoms with Crippen LogP contribution in [0.1, 0.15) is 46.7 Å². The number of hydrogen-bond acceptors (Lipinski definition) is 6. The van der Waals surface area contributed by atoms with Crippen LogP contribution < -0.4 is 9.64 Å². The first kappa shape index (κ1) is 28.9. The Labute approximate surface area is 234 Å². The molecule has 38 heavy (non-hydrogen) atoms. The van der Waals surface area contributed by atoms with E-state index in [0.717, 1.165) is 47.2 Å². The zero-order valence-electron chi connectivity index (χ0n) is 21.3. The highest BCUT2D eigenvalue weighted by atomic mass is 35.5. The number of methoxy groups -OCH3 is 1. The third kappa shape index (κ3) is 6.26. The number of hydrogen-bond donors (Lipinski definition) is 1. The highest BCUT2D eigenvalue weighted by Gasteiger charge is 2.32. The number of anilines is 1. The quantitative estimate of drug-likeness (QED) is 0.335. The minimum atomic E-state index is -0.338. The van der Waals surface area contributed by atoms with E-state index < -0.39 is 0 Å². The largest absolute Gasteiger partial charge is 0.508 e. The van der Waals surface area contributed by atoms with Gasteiger partial charge < -0.3 is 14.7 Å². The van der Waals surface area contributed by atoms with Gasteiger partial charge in [0.1, 0.15) is 5.75 Å². The van der Waals surface area contributed by atoms with Crippen molar-refractivity contribution in [2.24, 2.45) is 0 Å². The maximum Gasteiger partial charge on any atom is 0.234 e. The number of halogens is 2. The van der Waals surface area contributed by atoms with Gasteiger partial charge in [0.25, 0.3) is 0 Å². The summed E-state index contributed by atoms with van der Waals surface area (Å²) in [4.78, 5) is 24.5. The fourth-order valence-corrected chi connectivity index (χ4v) is 4.74. The normalized spacial score (nSPS) is 14.0. The lowest BCUT2D eigenvalue weighted by molar-refractivity contribution is -0.120. The molecule has 3 aromatic heterocycles. The fraction of sp³-hybridized carbons (Fsp3) is 0.286. The number of aromatic hydroxyl groups is 1. The number of rotatable bonds is 7. The second-order valence-electron chi connectivity index (χ2n) is 9.15. The van der Waals surface area contributed by atoms with Gasteiger partial charge >= 0.3 is 0 Å². The van der Waals surface area contributed by atoms with Gasteiger partial charge in [0.05, 0.1) is 49.9 Å². The van der Waals surface area contributed by atoms with E-state index in [9.17, 15) is 9.90 Å². The number of amides is 1. The van der Waals surface area contributed by atoms with Crippen molar-refractivity contribution in [3.63, 3.8) is 0 Å². The Morgan fingerprint density at radius 1 is 1.11 bits per heavy atom. The van der Waals surface area contributed by atoms with Crippen LogP contribution in [0.5, 0.6) is 11.6 Å². The van der Waals surface area contributed by atoms with Crippen LogP contribution in [0.15, 0.2) is 67.3 Å². The first-order valence-electron chi connectivity index (χ1n) is 12.1. The summed E-state index contributed by atoms with van der Waals surface area (Å²) in [5.74, 6) is 0.377. The number of fused-ring (bicyclic) bond motifs is 1. The van der Waals surface area contributed by atoms with Gasteiger partial charge in [0, 0.05) is 24.0 Å². The molecule has 1 atom stereocenters. The summed E-state index contributed by atoms with van der Waals surface area (Å²) in [6, 6.07) is 13.1. The SMILES string of the molecule is COc1ccc(N(Cc2cnn(Cc3ccc(C)cn3)c2)C(=O)C2CCCc3c(O)cccc32)cn1.Cl.Cl. The molecule has 0 fully saturated rings. The molecule has 1 unspecified atom stereocenters. The summed E-state index contributed by atoms with van der Waals surface area (Å²) in [6.45, 7) is 2.90. The molecule has 3 heterocycles. The number of pyridine rings is 2. The van der Waals surface area contributed by atoms with Crippen molar-refractivity contribution < 1.29 is 14.6 Å². The molecular weight excluding hydrogens is 525 g/mol. The lowest BCUT2D eigenvalue weighted by Crippen LogP contribution is -2.36. The van der Waals surface area contributed by atoms with Crippen LogP contribution in [0.4, 0.5) is 5.69 Å². The first-order valence-corrected chi connectivity index (χ1v) is 12.1. The molecule has 10 heteroatoms. The number of phenols is 1. The number of phenolic OH excluding ortho intramolecular Hbond substituents is 1. The van der Waals surface area contributed by atoms with Gasteiger partial charge in [0.2, 0.25) is 11.8 Å². The van der Waals surface area contributed by atoms with Crippen LogP contribution in [-0.4, -0.2) is 37.9 Å². The van der Waals surface area contributed by atoms with Gasteiger partial charge in [-0.1, -0.05) is 18.2 Å². The molecule has 1 aliphatic rings. The number of aryl methyl sites for hydroxylation is 1. The Balaban J connectivity index is 0.00000200. The van der Waals surface area contributed by atoms with E-state index in [4.69, 9.17) is 4.74 Å². The van der Waals surface area contributed by atoms with Gasteiger partial charge in [-0.25, -0.2) is 4.98 Å². The summed E-state index contributed by atoms with van der Waals surface area (Å²) in [5, 5.41) is 14.9.